The van der Waals surface area contributed by atoms with Crippen LogP contribution in [0, 0.1) is 0 Å². The number of esters is 2. The molecule has 11 heteroatoms. The van der Waals surface area contributed by atoms with Crippen LogP contribution in [-0.2, 0) is 19.1 Å². The Morgan fingerprint density at radius 3 is 1.09 bits per heavy atom. The summed E-state index contributed by atoms with van der Waals surface area (Å²) in [5, 5.41) is 22.7. The van der Waals surface area contributed by atoms with Crippen LogP contribution in [0.25, 0.3) is 0 Å². The third-order valence-corrected chi connectivity index (χ3v) is 12.0. The Kier molecular flexibility index (Phi) is 40.7. The second kappa shape index (κ2) is 38.3. The minimum absolute atomic E-state index is 0. The zero-order valence-corrected chi connectivity index (χ0v) is 40.4. The number of likely N-dealkylation sites (N-methyl/N-ethyl adjacent to an activating group) is 2. The maximum Gasteiger partial charge on any atom is 0.306 e. The predicted octanol–water partition coefficient (Wildman–Crippen LogP) is 3.46. The molecule has 0 fully saturated rings. The van der Waals surface area contributed by atoms with Crippen molar-refractivity contribution in [2.45, 2.75) is 213 Å². The molecule has 0 bridgehead atoms. The van der Waals surface area contributed by atoms with E-state index in [0.717, 1.165) is 51.5 Å². The average molecular weight is 857 g/mol. The normalized spacial score (nSPS) is 14.0. The number of carbonyl (C=O) groups is 2. The van der Waals surface area contributed by atoms with Crippen molar-refractivity contribution < 1.29 is 63.1 Å². The lowest BCUT2D eigenvalue weighted by molar-refractivity contribution is -0.916. The Balaban J connectivity index is -0.0000146. The molecule has 4 unspecified atom stereocenters. The van der Waals surface area contributed by atoms with E-state index in [4.69, 9.17) is 9.47 Å². The summed E-state index contributed by atoms with van der Waals surface area (Å²) < 4.78 is 12.4. The zero-order valence-electron chi connectivity index (χ0n) is 38.9. The number of aliphatic hydroxyl groups excluding tert-OH is 2. The second-order valence-corrected chi connectivity index (χ2v) is 18.3. The third-order valence-electron chi connectivity index (χ3n) is 12.0. The van der Waals surface area contributed by atoms with Gasteiger partial charge in [-0.15, -0.1) is 0 Å². The molecule has 9 nitrogen and oxygen atoms in total. The Labute approximate surface area is 365 Å². The summed E-state index contributed by atoms with van der Waals surface area (Å²) in [5.74, 6) is -0.240. The number of hydrogen-bond acceptors (Lipinski definition) is 7. The lowest BCUT2D eigenvalue weighted by Crippen LogP contribution is -3.00. The fourth-order valence-electron chi connectivity index (χ4n) is 7.31. The molecule has 344 valence electrons. The van der Waals surface area contributed by atoms with Gasteiger partial charge in [0.05, 0.1) is 28.2 Å². The van der Waals surface area contributed by atoms with Crippen LogP contribution in [0.5, 0.6) is 0 Å². The molecule has 0 aromatic heterocycles. The third kappa shape index (κ3) is 34.7. The van der Waals surface area contributed by atoms with Crippen LogP contribution in [0.1, 0.15) is 189 Å². The summed E-state index contributed by atoms with van der Waals surface area (Å²) in [4.78, 5) is 27.2. The summed E-state index contributed by atoms with van der Waals surface area (Å²) in [6, 6.07) is 0.0909. The van der Waals surface area contributed by atoms with E-state index in [-0.39, 0.29) is 48.8 Å². The van der Waals surface area contributed by atoms with Gasteiger partial charge in [0.15, 0.2) is 0 Å². The topological polar surface area (TPSA) is 96.3 Å². The van der Waals surface area contributed by atoms with Gasteiger partial charge < -0.3 is 53.5 Å². The number of quaternary nitrogens is 2. The molecule has 4 atom stereocenters. The van der Waals surface area contributed by atoms with Crippen LogP contribution in [-0.4, -0.2) is 134 Å². The lowest BCUT2D eigenvalue weighted by atomic mass is 10.1. The van der Waals surface area contributed by atoms with Gasteiger partial charge in [0.25, 0.3) is 0 Å². The van der Waals surface area contributed by atoms with Gasteiger partial charge >= 0.3 is 11.9 Å². The zero-order chi connectivity index (χ0) is 41.4. The number of hydrogen-bond donors (Lipinski definition) is 2. The van der Waals surface area contributed by atoms with Gasteiger partial charge in [-0.1, -0.05) is 143 Å². The lowest BCUT2D eigenvalue weighted by Gasteiger charge is -2.39. The number of rotatable bonds is 39. The highest BCUT2D eigenvalue weighted by molar-refractivity contribution is 5.69. The molecule has 0 aromatic carbocycles. The first kappa shape index (κ1) is 60.6. The van der Waals surface area contributed by atoms with Crippen LogP contribution in [0.2, 0.25) is 0 Å². The minimum Gasteiger partial charge on any atom is -1.00 e. The van der Waals surface area contributed by atoms with E-state index in [1.807, 2.05) is 0 Å². The molecule has 0 aliphatic carbocycles. The van der Waals surface area contributed by atoms with Gasteiger partial charge in [0.2, 0.25) is 0 Å². The molecule has 0 radical (unpaired) electrons. The van der Waals surface area contributed by atoms with E-state index >= 15 is 0 Å². The van der Waals surface area contributed by atoms with Crippen molar-refractivity contribution in [3.63, 3.8) is 0 Å². The molecule has 0 amide bonds. The molecular formula is C46H95Cl2N3O6. The van der Waals surface area contributed by atoms with Gasteiger partial charge in [-0.2, -0.15) is 0 Å². The summed E-state index contributed by atoms with van der Waals surface area (Å²) in [5.41, 5.74) is 0. The maximum absolute atomic E-state index is 12.5. The molecule has 0 saturated heterocycles. The predicted molar refractivity (Wildman–Crippen MR) is 231 cm³/mol. The molecule has 0 aromatic rings. The number of aliphatic hydroxyl groups is 2. The van der Waals surface area contributed by atoms with Crippen molar-refractivity contribution in [3.8, 4) is 0 Å². The molecule has 0 saturated carbocycles. The van der Waals surface area contributed by atoms with Gasteiger partial charge in [-0.05, 0) is 39.7 Å². The first-order valence-corrected chi connectivity index (χ1v) is 23.2. The fourth-order valence-corrected chi connectivity index (χ4v) is 7.31. The minimum atomic E-state index is -0.583. The first-order valence-electron chi connectivity index (χ1n) is 23.2. The van der Waals surface area contributed by atoms with Gasteiger partial charge in [-0.3, -0.25) is 14.5 Å². The average Bonchev–Trinajstić information content (AvgIpc) is 3.12. The van der Waals surface area contributed by atoms with Crippen molar-refractivity contribution in [1.82, 2.24) is 4.90 Å². The standard InChI is InChI=1S/C46H95N3O6.2ClH/c1-10-13-16-19-21-23-25-27-29-32-45(52)54-39-41(4)48(6,7)37-43(50)35-47(34-31-18-15-12-3)36-44(51)38-49(8,9)42(5)40-55-46(53)33-30-28-26-24-22-20-17-14-11-2;;/h41-44,50-51H,10-40H2,1-9H3;2*1H/q+2;;/p-2. The Morgan fingerprint density at radius 1 is 0.491 bits per heavy atom. The van der Waals surface area contributed by atoms with Gasteiger partial charge in [0, 0.05) is 25.9 Å². The molecule has 0 rings (SSSR count). The van der Waals surface area contributed by atoms with E-state index < -0.39 is 12.2 Å². The number of unbranched alkanes of at least 4 members (excludes halogenated alkanes) is 19. The number of halogens is 2. The van der Waals surface area contributed by atoms with Crippen molar-refractivity contribution in [2.24, 2.45) is 0 Å². The summed E-state index contributed by atoms with van der Waals surface area (Å²) in [7, 11) is 8.36. The van der Waals surface area contributed by atoms with Crippen LogP contribution in [0.4, 0.5) is 0 Å². The van der Waals surface area contributed by atoms with E-state index in [1.54, 1.807) is 0 Å². The van der Waals surface area contributed by atoms with Gasteiger partial charge in [-0.25, -0.2) is 0 Å². The molecular weight excluding hydrogens is 761 g/mol. The van der Waals surface area contributed by atoms with E-state index in [2.05, 4.69) is 67.7 Å². The smallest absolute Gasteiger partial charge is 0.306 e. The maximum atomic E-state index is 12.5. The van der Waals surface area contributed by atoms with Crippen LogP contribution in [0.3, 0.4) is 0 Å². The molecule has 57 heavy (non-hydrogen) atoms. The van der Waals surface area contributed by atoms with Crippen LogP contribution >= 0.6 is 0 Å². The SMILES string of the molecule is CCCCCCCCCCCC(=O)OCC(C)[N+](C)(C)CC(O)CN(CCCCCC)CC(O)C[N+](C)(C)C(C)COC(=O)CCCCCCCCCCC.[Cl-].[Cl-]. The summed E-state index contributed by atoms with van der Waals surface area (Å²) in [6.07, 6.45) is 26.3. The highest BCUT2D eigenvalue weighted by Gasteiger charge is 2.32. The van der Waals surface area contributed by atoms with E-state index in [9.17, 15) is 19.8 Å². The Morgan fingerprint density at radius 2 is 0.772 bits per heavy atom. The van der Waals surface area contributed by atoms with Gasteiger partial charge in [0.1, 0.15) is 50.6 Å². The molecule has 0 aliphatic heterocycles. The molecule has 0 heterocycles. The molecule has 2 N–H and O–H groups in total. The number of nitrogens with zero attached hydrogens (tertiary/aromatic N) is 3. The molecule has 0 spiro atoms. The monoisotopic (exact) mass is 856 g/mol. The van der Waals surface area contributed by atoms with Crippen molar-refractivity contribution in [3.05, 3.63) is 0 Å². The van der Waals surface area contributed by atoms with Crippen molar-refractivity contribution in [1.29, 1.82) is 0 Å². The van der Waals surface area contributed by atoms with E-state index in [0.29, 0.717) is 61.2 Å². The molecule has 0 aliphatic rings. The largest absolute Gasteiger partial charge is 1.00 e. The second-order valence-electron chi connectivity index (χ2n) is 18.3. The first-order chi connectivity index (χ1) is 26.2. The summed E-state index contributed by atoms with van der Waals surface area (Å²) >= 11 is 0. The number of carbonyl (C=O) groups excluding carboxylic acids is 2. The van der Waals surface area contributed by atoms with Crippen molar-refractivity contribution >= 4 is 11.9 Å². The quantitative estimate of drug-likeness (QED) is 0.0557. The van der Waals surface area contributed by atoms with E-state index in [1.165, 1.54) is 96.3 Å². The highest BCUT2D eigenvalue weighted by Crippen LogP contribution is 2.16. The van der Waals surface area contributed by atoms with Crippen LogP contribution < -0.4 is 24.8 Å². The fraction of sp³-hybridized carbons (Fsp3) is 0.957. The number of ether oxygens (including phenoxy) is 2. The Hall–Kier alpha value is -0.680. The Bertz CT molecular complexity index is 863. The highest BCUT2D eigenvalue weighted by atomic mass is 35.5. The van der Waals surface area contributed by atoms with Crippen LogP contribution in [0.15, 0.2) is 0 Å². The summed E-state index contributed by atoms with van der Waals surface area (Å²) in [6.45, 7) is 14.4. The van der Waals surface area contributed by atoms with Crippen molar-refractivity contribution in [2.75, 3.05) is 74.1 Å².